The van der Waals surface area contributed by atoms with Crippen LogP contribution in [-0.2, 0) is 0 Å². The zero-order valence-corrected chi connectivity index (χ0v) is 11.6. The van der Waals surface area contributed by atoms with E-state index in [0.717, 1.165) is 17.2 Å². The molecule has 4 N–H and O–H groups in total. The molecule has 4 nitrogen and oxygen atoms in total. The topological polar surface area (TPSA) is 75.3 Å². The van der Waals surface area contributed by atoms with Crippen molar-refractivity contribution in [3.63, 3.8) is 0 Å². The number of carbonyl (C=O) groups is 1. The van der Waals surface area contributed by atoms with Gasteiger partial charge in [-0.1, -0.05) is 31.2 Å². The number of anilines is 1. The number of carbonyl (C=O) groups excluding carboxylic acids is 1. The van der Waals surface area contributed by atoms with Gasteiger partial charge in [0.1, 0.15) is 0 Å². The fourth-order valence-corrected chi connectivity index (χ4v) is 2.25. The summed E-state index contributed by atoms with van der Waals surface area (Å²) < 4.78 is 0. The van der Waals surface area contributed by atoms with Gasteiger partial charge in [-0.2, -0.15) is 0 Å². The number of fused-ring (bicyclic) bond motifs is 1. The van der Waals surface area contributed by atoms with E-state index < -0.39 is 0 Å². The van der Waals surface area contributed by atoms with Crippen LogP contribution < -0.4 is 11.1 Å². The van der Waals surface area contributed by atoms with E-state index in [1.54, 1.807) is 0 Å². The third-order valence-corrected chi connectivity index (χ3v) is 3.47. The Morgan fingerprint density at radius 2 is 1.95 bits per heavy atom. The molecule has 20 heavy (non-hydrogen) atoms. The summed E-state index contributed by atoms with van der Waals surface area (Å²) in [7, 11) is 0. The summed E-state index contributed by atoms with van der Waals surface area (Å²) in [6.07, 6.45) is 1.33. The predicted octanol–water partition coefficient (Wildman–Crippen LogP) is 2.31. The van der Waals surface area contributed by atoms with Gasteiger partial charge >= 0.3 is 0 Å². The third kappa shape index (κ3) is 3.08. The van der Waals surface area contributed by atoms with Gasteiger partial charge in [0.05, 0.1) is 5.56 Å². The van der Waals surface area contributed by atoms with Crippen LogP contribution in [0.25, 0.3) is 10.8 Å². The SMILES string of the molecule is CCC(CCO)NC(=O)c1cc2ccccc2cc1N. The molecule has 4 heteroatoms. The Bertz CT molecular complexity index is 610. The first-order valence-electron chi connectivity index (χ1n) is 6.85. The van der Waals surface area contributed by atoms with Crippen LogP contribution in [0.2, 0.25) is 0 Å². The molecule has 0 bridgehead atoms. The Morgan fingerprint density at radius 3 is 2.55 bits per heavy atom. The van der Waals surface area contributed by atoms with Gasteiger partial charge in [0, 0.05) is 18.3 Å². The van der Waals surface area contributed by atoms with Gasteiger partial charge in [-0.25, -0.2) is 0 Å². The van der Waals surface area contributed by atoms with Crippen LogP contribution in [0.3, 0.4) is 0 Å². The van der Waals surface area contributed by atoms with Crippen molar-refractivity contribution in [2.24, 2.45) is 0 Å². The van der Waals surface area contributed by atoms with Gasteiger partial charge < -0.3 is 16.2 Å². The Morgan fingerprint density at radius 1 is 1.30 bits per heavy atom. The molecule has 106 valence electrons. The van der Waals surface area contributed by atoms with E-state index in [1.165, 1.54) is 0 Å². The molecule has 0 heterocycles. The third-order valence-electron chi connectivity index (χ3n) is 3.47. The van der Waals surface area contributed by atoms with E-state index in [1.807, 2.05) is 43.3 Å². The lowest BCUT2D eigenvalue weighted by Crippen LogP contribution is -2.35. The number of aliphatic hydroxyl groups excluding tert-OH is 1. The number of nitrogen functional groups attached to an aromatic ring is 1. The van der Waals surface area contributed by atoms with Crippen LogP contribution in [0.5, 0.6) is 0 Å². The summed E-state index contributed by atoms with van der Waals surface area (Å²) in [4.78, 5) is 12.3. The molecule has 1 unspecified atom stereocenters. The summed E-state index contributed by atoms with van der Waals surface area (Å²) in [6.45, 7) is 2.04. The van der Waals surface area contributed by atoms with Crippen molar-refractivity contribution in [2.75, 3.05) is 12.3 Å². The number of benzene rings is 2. The first-order valence-corrected chi connectivity index (χ1v) is 6.85. The predicted molar refractivity (Wildman–Crippen MR) is 81.6 cm³/mol. The normalized spacial score (nSPS) is 12.3. The molecule has 0 saturated heterocycles. The van der Waals surface area contributed by atoms with Gasteiger partial charge in [-0.15, -0.1) is 0 Å². The molecule has 2 aromatic rings. The summed E-state index contributed by atoms with van der Waals surface area (Å²) in [5.41, 5.74) is 6.93. The average molecular weight is 272 g/mol. The molecular formula is C16H20N2O2. The maximum Gasteiger partial charge on any atom is 0.253 e. The van der Waals surface area contributed by atoms with Gasteiger partial charge in [0.25, 0.3) is 5.91 Å². The minimum atomic E-state index is -0.187. The molecule has 2 aromatic carbocycles. The second-order valence-electron chi connectivity index (χ2n) is 4.88. The van der Waals surface area contributed by atoms with Crippen molar-refractivity contribution in [3.8, 4) is 0 Å². The molecule has 0 radical (unpaired) electrons. The summed E-state index contributed by atoms with van der Waals surface area (Å²) in [5.74, 6) is -0.187. The van der Waals surface area contributed by atoms with Crippen molar-refractivity contribution < 1.29 is 9.90 Å². The number of hydrogen-bond acceptors (Lipinski definition) is 3. The lowest BCUT2D eigenvalue weighted by molar-refractivity contribution is 0.0930. The Hall–Kier alpha value is -2.07. The van der Waals surface area contributed by atoms with Crippen molar-refractivity contribution >= 4 is 22.4 Å². The van der Waals surface area contributed by atoms with Crippen molar-refractivity contribution in [1.29, 1.82) is 0 Å². The number of hydrogen-bond donors (Lipinski definition) is 3. The van der Waals surface area contributed by atoms with E-state index >= 15 is 0 Å². The van der Waals surface area contributed by atoms with Gasteiger partial charge in [-0.05, 0) is 35.7 Å². The van der Waals surface area contributed by atoms with Crippen molar-refractivity contribution in [3.05, 3.63) is 42.0 Å². The molecule has 2 rings (SSSR count). The second kappa shape index (κ2) is 6.39. The van der Waals surface area contributed by atoms with E-state index in [0.29, 0.717) is 17.7 Å². The molecule has 0 aliphatic carbocycles. The first kappa shape index (κ1) is 14.3. The average Bonchev–Trinajstić information content (AvgIpc) is 2.45. The standard InChI is InChI=1S/C16H20N2O2/c1-2-13(7-8-19)18-16(20)14-9-11-5-3-4-6-12(11)10-15(14)17/h3-6,9-10,13,19H,2,7-8,17H2,1H3,(H,18,20). The first-order chi connectivity index (χ1) is 9.65. The van der Waals surface area contributed by atoms with Crippen LogP contribution in [0, 0.1) is 0 Å². The van der Waals surface area contributed by atoms with E-state index in [9.17, 15) is 4.79 Å². The van der Waals surface area contributed by atoms with Crippen molar-refractivity contribution in [2.45, 2.75) is 25.8 Å². The highest BCUT2D eigenvalue weighted by Crippen LogP contribution is 2.22. The highest BCUT2D eigenvalue weighted by atomic mass is 16.3. The maximum atomic E-state index is 12.3. The minimum Gasteiger partial charge on any atom is -0.398 e. The molecule has 1 atom stereocenters. The minimum absolute atomic E-state index is 0.0293. The summed E-state index contributed by atoms with van der Waals surface area (Å²) >= 11 is 0. The number of amides is 1. The van der Waals surface area contributed by atoms with E-state index in [2.05, 4.69) is 5.32 Å². The smallest absolute Gasteiger partial charge is 0.253 e. The molecule has 0 spiro atoms. The Labute approximate surface area is 118 Å². The highest BCUT2D eigenvalue weighted by Gasteiger charge is 2.14. The summed E-state index contributed by atoms with van der Waals surface area (Å²) in [6, 6.07) is 11.4. The summed E-state index contributed by atoms with van der Waals surface area (Å²) in [5, 5.41) is 13.9. The number of nitrogens with one attached hydrogen (secondary N) is 1. The van der Waals surface area contributed by atoms with Crippen LogP contribution in [-0.4, -0.2) is 23.7 Å². The molecular weight excluding hydrogens is 252 g/mol. The molecule has 1 amide bonds. The van der Waals surface area contributed by atoms with Gasteiger partial charge in [0.2, 0.25) is 0 Å². The van der Waals surface area contributed by atoms with Crippen LogP contribution >= 0.6 is 0 Å². The van der Waals surface area contributed by atoms with Crippen LogP contribution in [0.1, 0.15) is 30.1 Å². The monoisotopic (exact) mass is 272 g/mol. The maximum absolute atomic E-state index is 12.3. The van der Waals surface area contributed by atoms with Crippen molar-refractivity contribution in [1.82, 2.24) is 5.32 Å². The molecule has 0 saturated carbocycles. The molecule has 0 aliphatic heterocycles. The molecule has 0 aliphatic rings. The van der Waals surface area contributed by atoms with E-state index in [4.69, 9.17) is 10.8 Å². The van der Waals surface area contributed by atoms with Crippen LogP contribution in [0.4, 0.5) is 5.69 Å². The molecule has 0 fully saturated rings. The van der Waals surface area contributed by atoms with Crippen LogP contribution in [0.15, 0.2) is 36.4 Å². The zero-order valence-electron chi connectivity index (χ0n) is 11.6. The highest BCUT2D eigenvalue weighted by molar-refractivity contribution is 6.04. The lowest BCUT2D eigenvalue weighted by Gasteiger charge is -2.16. The second-order valence-corrected chi connectivity index (χ2v) is 4.88. The largest absolute Gasteiger partial charge is 0.398 e. The Balaban J connectivity index is 2.27. The lowest BCUT2D eigenvalue weighted by atomic mass is 10.0. The fraction of sp³-hybridized carbons (Fsp3) is 0.312. The fourth-order valence-electron chi connectivity index (χ4n) is 2.25. The van der Waals surface area contributed by atoms with E-state index in [-0.39, 0.29) is 18.6 Å². The van der Waals surface area contributed by atoms with Gasteiger partial charge in [-0.3, -0.25) is 4.79 Å². The zero-order chi connectivity index (χ0) is 14.5. The van der Waals surface area contributed by atoms with Gasteiger partial charge in [0.15, 0.2) is 0 Å². The number of nitrogens with two attached hydrogens (primary N) is 1. The Kier molecular flexibility index (Phi) is 4.58. The molecule has 0 aromatic heterocycles. The quantitative estimate of drug-likeness (QED) is 0.731. The number of aliphatic hydroxyl groups is 1. The number of rotatable bonds is 5.